The molecule has 5 aromatic rings. The van der Waals surface area contributed by atoms with Gasteiger partial charge in [0.25, 0.3) is 0 Å². The predicted octanol–water partition coefficient (Wildman–Crippen LogP) is 6.98. The lowest BCUT2D eigenvalue weighted by Crippen LogP contribution is -2.09. The molecule has 1 aliphatic heterocycles. The Morgan fingerprint density at radius 2 is 1.76 bits per heavy atom. The highest BCUT2D eigenvalue weighted by molar-refractivity contribution is 6.31. The zero-order valence-electron chi connectivity index (χ0n) is 19.7. The molecule has 0 radical (unpaired) electrons. The summed E-state index contributed by atoms with van der Waals surface area (Å²) in [6, 6.07) is 28.7. The molecule has 0 aliphatic carbocycles. The fourth-order valence-electron chi connectivity index (χ4n) is 4.66. The van der Waals surface area contributed by atoms with Gasteiger partial charge in [0.15, 0.2) is 5.75 Å². The number of ether oxygens (including phenoxy) is 1. The van der Waals surface area contributed by atoms with E-state index in [9.17, 15) is 9.90 Å². The number of aromatic nitrogens is 1. The van der Waals surface area contributed by atoms with Crippen LogP contribution in [0.1, 0.15) is 32.7 Å². The molecule has 0 saturated carbocycles. The molecule has 37 heavy (non-hydrogen) atoms. The van der Waals surface area contributed by atoms with E-state index in [2.05, 4.69) is 0 Å². The minimum Gasteiger partial charge on any atom is -0.489 e. The van der Waals surface area contributed by atoms with Gasteiger partial charge in [-0.1, -0.05) is 60.1 Å². The van der Waals surface area contributed by atoms with Gasteiger partial charge in [0, 0.05) is 34.1 Å². The third-order valence-electron chi connectivity index (χ3n) is 6.45. The SMILES string of the molecule is O=C(O)c1cc2cc(OCc3ccccc3)ccc2n1-c1ccccc1Cc1cc2c(cc1Cl)OOC2. The first-order chi connectivity index (χ1) is 18.1. The molecule has 0 atom stereocenters. The molecule has 0 fully saturated rings. The highest BCUT2D eigenvalue weighted by Crippen LogP contribution is 2.35. The van der Waals surface area contributed by atoms with E-state index >= 15 is 0 Å². The number of para-hydroxylation sites is 1. The van der Waals surface area contributed by atoms with E-state index in [1.807, 2.05) is 78.9 Å². The van der Waals surface area contributed by atoms with Crippen LogP contribution in [0.15, 0.2) is 91.0 Å². The Bertz CT molecular complexity index is 1630. The molecular formula is C30H22ClNO5. The maximum atomic E-state index is 12.3. The molecule has 0 unspecified atom stereocenters. The van der Waals surface area contributed by atoms with Crippen LogP contribution in [-0.2, 0) is 24.5 Å². The van der Waals surface area contributed by atoms with Crippen molar-refractivity contribution in [2.24, 2.45) is 0 Å². The highest BCUT2D eigenvalue weighted by Gasteiger charge is 2.21. The molecule has 1 aliphatic rings. The molecule has 184 valence electrons. The Labute approximate surface area is 218 Å². The zero-order chi connectivity index (χ0) is 25.4. The number of rotatable bonds is 7. The molecule has 0 amide bonds. The number of hydrogen-bond donors (Lipinski definition) is 1. The van der Waals surface area contributed by atoms with Crippen molar-refractivity contribution in [2.45, 2.75) is 19.6 Å². The topological polar surface area (TPSA) is 69.9 Å². The first kappa shape index (κ1) is 23.2. The number of fused-ring (bicyclic) bond motifs is 2. The Kier molecular flexibility index (Phi) is 6.04. The standard InChI is InChI=1S/C30H22ClNO5/c31-25-16-29-23(18-36-37-29)13-21(25)12-20-8-4-5-9-26(20)32-27-11-10-24(14-22(27)15-28(32)30(33)34)35-17-19-6-2-1-3-7-19/h1-11,13-16H,12,17-18H2,(H,33,34). The zero-order valence-corrected chi connectivity index (χ0v) is 20.4. The van der Waals surface area contributed by atoms with Crippen LogP contribution >= 0.6 is 11.6 Å². The van der Waals surface area contributed by atoms with Gasteiger partial charge < -0.3 is 19.3 Å². The average molecular weight is 512 g/mol. The van der Waals surface area contributed by atoms with Crippen LogP contribution in [0.3, 0.4) is 0 Å². The minimum absolute atomic E-state index is 0.171. The van der Waals surface area contributed by atoms with Gasteiger partial charge >= 0.3 is 5.97 Å². The summed E-state index contributed by atoms with van der Waals surface area (Å²) in [5, 5.41) is 11.4. The second-order valence-corrected chi connectivity index (χ2v) is 9.27. The van der Waals surface area contributed by atoms with Crippen LogP contribution in [0, 0.1) is 0 Å². The van der Waals surface area contributed by atoms with Gasteiger partial charge in [-0.3, -0.25) is 0 Å². The van der Waals surface area contributed by atoms with Crippen molar-refractivity contribution in [1.82, 2.24) is 4.57 Å². The summed E-state index contributed by atoms with van der Waals surface area (Å²) in [6.07, 6.45) is 0.513. The Balaban J connectivity index is 1.38. The fraction of sp³-hybridized carbons (Fsp3) is 0.100. The van der Waals surface area contributed by atoms with E-state index in [4.69, 9.17) is 26.1 Å². The summed E-state index contributed by atoms with van der Waals surface area (Å²) in [5.74, 6) is 0.285. The third-order valence-corrected chi connectivity index (χ3v) is 6.80. The molecule has 0 bridgehead atoms. The van der Waals surface area contributed by atoms with Crippen LogP contribution in [-0.4, -0.2) is 15.6 Å². The van der Waals surface area contributed by atoms with Crippen LogP contribution in [0.2, 0.25) is 5.02 Å². The number of benzene rings is 4. The van der Waals surface area contributed by atoms with Gasteiger partial charge in [-0.05, 0) is 53.1 Å². The lowest BCUT2D eigenvalue weighted by Gasteiger charge is -2.15. The summed E-state index contributed by atoms with van der Waals surface area (Å²) in [7, 11) is 0. The summed E-state index contributed by atoms with van der Waals surface area (Å²) in [6.45, 7) is 0.792. The molecule has 1 N–H and O–H groups in total. The smallest absolute Gasteiger partial charge is 0.352 e. The normalized spacial score (nSPS) is 12.4. The minimum atomic E-state index is -1.01. The maximum Gasteiger partial charge on any atom is 0.352 e. The largest absolute Gasteiger partial charge is 0.489 e. The molecule has 2 heterocycles. The van der Waals surface area contributed by atoms with E-state index in [0.717, 1.165) is 38.8 Å². The maximum absolute atomic E-state index is 12.3. The fourth-order valence-corrected chi connectivity index (χ4v) is 4.88. The van der Waals surface area contributed by atoms with Crippen molar-refractivity contribution in [3.8, 4) is 17.2 Å². The second-order valence-electron chi connectivity index (χ2n) is 8.87. The number of carboxylic acid groups (broad SMARTS) is 1. The Morgan fingerprint density at radius 1 is 0.946 bits per heavy atom. The van der Waals surface area contributed by atoms with Crippen molar-refractivity contribution in [1.29, 1.82) is 0 Å². The van der Waals surface area contributed by atoms with E-state index < -0.39 is 5.97 Å². The van der Waals surface area contributed by atoms with Crippen molar-refractivity contribution in [3.63, 3.8) is 0 Å². The van der Waals surface area contributed by atoms with E-state index in [1.165, 1.54) is 0 Å². The molecule has 6 rings (SSSR count). The molecule has 6 nitrogen and oxygen atoms in total. The third kappa shape index (κ3) is 4.53. The van der Waals surface area contributed by atoms with Gasteiger partial charge in [-0.25, -0.2) is 4.79 Å². The lowest BCUT2D eigenvalue weighted by atomic mass is 10.0. The number of nitrogens with zero attached hydrogens (tertiary/aromatic N) is 1. The summed E-state index contributed by atoms with van der Waals surface area (Å²) >= 11 is 6.55. The van der Waals surface area contributed by atoms with Crippen LogP contribution < -0.4 is 9.62 Å². The van der Waals surface area contributed by atoms with Gasteiger partial charge in [0.1, 0.15) is 24.7 Å². The number of halogens is 1. The summed E-state index contributed by atoms with van der Waals surface area (Å²) in [4.78, 5) is 22.5. The molecule has 4 aromatic carbocycles. The molecular weight excluding hydrogens is 490 g/mol. The molecule has 0 saturated heterocycles. The first-order valence-corrected chi connectivity index (χ1v) is 12.2. The van der Waals surface area contributed by atoms with Crippen molar-refractivity contribution >= 4 is 28.5 Å². The molecule has 7 heteroatoms. The molecule has 0 spiro atoms. The number of carboxylic acids is 1. The number of carbonyl (C=O) groups is 1. The monoisotopic (exact) mass is 511 g/mol. The quantitative estimate of drug-likeness (QED) is 0.239. The summed E-state index contributed by atoms with van der Waals surface area (Å²) < 4.78 is 7.76. The van der Waals surface area contributed by atoms with Crippen molar-refractivity contribution < 1.29 is 24.4 Å². The van der Waals surface area contributed by atoms with E-state index in [-0.39, 0.29) is 5.69 Å². The van der Waals surface area contributed by atoms with Gasteiger partial charge in [-0.2, -0.15) is 4.89 Å². The van der Waals surface area contributed by atoms with Gasteiger partial charge in [-0.15, -0.1) is 0 Å². The average Bonchev–Trinajstić information content (AvgIpc) is 3.52. The Hall–Kier alpha value is -4.26. The predicted molar refractivity (Wildman–Crippen MR) is 141 cm³/mol. The van der Waals surface area contributed by atoms with Crippen molar-refractivity contribution in [3.05, 3.63) is 124 Å². The van der Waals surface area contributed by atoms with Crippen LogP contribution in [0.25, 0.3) is 16.6 Å². The van der Waals surface area contributed by atoms with Gasteiger partial charge in [0.05, 0.1) is 5.52 Å². The summed E-state index contributed by atoms with van der Waals surface area (Å²) in [5.41, 5.74) is 5.56. The second kappa shape index (κ2) is 9.65. The number of aromatic carboxylic acids is 1. The van der Waals surface area contributed by atoms with E-state index in [0.29, 0.717) is 36.2 Å². The lowest BCUT2D eigenvalue weighted by molar-refractivity contribution is -0.194. The van der Waals surface area contributed by atoms with E-state index in [1.54, 1.807) is 16.7 Å². The molecule has 1 aromatic heterocycles. The van der Waals surface area contributed by atoms with Crippen LogP contribution in [0.5, 0.6) is 11.5 Å². The first-order valence-electron chi connectivity index (χ1n) is 11.8. The highest BCUT2D eigenvalue weighted by atomic mass is 35.5. The van der Waals surface area contributed by atoms with Crippen LogP contribution in [0.4, 0.5) is 0 Å². The Morgan fingerprint density at radius 3 is 2.59 bits per heavy atom. The van der Waals surface area contributed by atoms with Gasteiger partial charge in [0.2, 0.25) is 0 Å². The number of hydrogen-bond acceptors (Lipinski definition) is 4. The van der Waals surface area contributed by atoms with Crippen molar-refractivity contribution in [2.75, 3.05) is 0 Å².